The van der Waals surface area contributed by atoms with E-state index in [0.29, 0.717) is 6.54 Å². The first kappa shape index (κ1) is 17.9. The Hall–Kier alpha value is -2.86. The molecule has 6 heteroatoms. The first-order valence-corrected chi connectivity index (χ1v) is 8.67. The number of amides is 1. The zero-order valence-electron chi connectivity index (χ0n) is 14.9. The van der Waals surface area contributed by atoms with Gasteiger partial charge >= 0.3 is 0 Å². The fourth-order valence-corrected chi connectivity index (χ4v) is 3.24. The summed E-state index contributed by atoms with van der Waals surface area (Å²) in [5.41, 5.74) is 0.866. The van der Waals surface area contributed by atoms with Crippen LogP contribution in [-0.4, -0.2) is 48.9 Å². The fourth-order valence-electron chi connectivity index (χ4n) is 3.24. The summed E-state index contributed by atoms with van der Waals surface area (Å²) in [5, 5.41) is 10.5. The van der Waals surface area contributed by atoms with Crippen molar-refractivity contribution in [2.45, 2.75) is 12.5 Å². The van der Waals surface area contributed by atoms with E-state index in [-0.39, 0.29) is 11.3 Å². The van der Waals surface area contributed by atoms with Gasteiger partial charge in [0, 0.05) is 13.0 Å². The molecule has 0 saturated heterocycles. The zero-order valence-corrected chi connectivity index (χ0v) is 14.9. The predicted octanol–water partition coefficient (Wildman–Crippen LogP) is 1.39. The lowest BCUT2D eigenvalue weighted by Crippen LogP contribution is -3.05. The quantitative estimate of drug-likeness (QED) is 0.736. The van der Waals surface area contributed by atoms with Gasteiger partial charge < -0.3 is 19.3 Å². The highest BCUT2D eigenvalue weighted by Crippen LogP contribution is 2.38. The molecule has 136 valence electrons. The number of aliphatic hydroxyl groups is 1. The second-order valence-electron chi connectivity index (χ2n) is 6.69. The van der Waals surface area contributed by atoms with Crippen LogP contribution in [0.15, 0.2) is 64.5 Å². The van der Waals surface area contributed by atoms with Gasteiger partial charge in [0.25, 0.3) is 5.91 Å². The van der Waals surface area contributed by atoms with Crippen LogP contribution in [0.25, 0.3) is 0 Å². The van der Waals surface area contributed by atoms with Gasteiger partial charge in [-0.15, -0.1) is 0 Å². The lowest BCUT2D eigenvalue weighted by Gasteiger charge is -2.26. The molecular formula is C20H23N2O4+. The third kappa shape index (κ3) is 3.41. The van der Waals surface area contributed by atoms with Gasteiger partial charge in [-0.1, -0.05) is 30.3 Å². The van der Waals surface area contributed by atoms with Crippen molar-refractivity contribution < 1.29 is 24.0 Å². The number of aliphatic hydroxyl groups excluding tert-OH is 1. The van der Waals surface area contributed by atoms with Crippen LogP contribution < -0.4 is 4.90 Å². The van der Waals surface area contributed by atoms with Crippen molar-refractivity contribution in [1.29, 1.82) is 0 Å². The van der Waals surface area contributed by atoms with Gasteiger partial charge in [-0.25, -0.2) is 0 Å². The van der Waals surface area contributed by atoms with Crippen LogP contribution in [0.2, 0.25) is 0 Å². The van der Waals surface area contributed by atoms with Gasteiger partial charge in [-0.2, -0.15) is 0 Å². The second kappa shape index (κ2) is 7.58. The number of ketones is 1. The van der Waals surface area contributed by atoms with Crippen LogP contribution in [-0.2, 0) is 4.79 Å². The molecule has 0 bridgehead atoms. The van der Waals surface area contributed by atoms with Crippen molar-refractivity contribution in [3.63, 3.8) is 0 Å². The smallest absolute Gasteiger partial charge is 0.290 e. The standard InChI is InChI=1S/C20H22N2O4/c1-21(2)11-7-12-22-17(14-8-4-3-5-9-14)16(19(24)20(22)25)18(23)15-10-6-13-26-15/h3-6,8-10,13,17,24H,7,11-12H2,1-2H3/p+1/t17-/m1/s1. The van der Waals surface area contributed by atoms with Crippen LogP contribution in [0, 0.1) is 0 Å². The van der Waals surface area contributed by atoms with Gasteiger partial charge in [0.1, 0.15) is 0 Å². The average Bonchev–Trinajstić information content (AvgIpc) is 3.24. The van der Waals surface area contributed by atoms with E-state index in [1.165, 1.54) is 17.2 Å². The SMILES string of the molecule is C[NH+](C)CCCN1C(=O)C(O)=C(C(=O)c2ccco2)[C@H]1c1ccccc1. The molecule has 1 aromatic carbocycles. The number of hydrogen-bond donors (Lipinski definition) is 2. The normalized spacial score (nSPS) is 17.4. The Labute approximate surface area is 152 Å². The summed E-state index contributed by atoms with van der Waals surface area (Å²) in [7, 11) is 4.09. The predicted molar refractivity (Wildman–Crippen MR) is 95.9 cm³/mol. The summed E-state index contributed by atoms with van der Waals surface area (Å²) in [5.74, 6) is -1.35. The molecule has 2 N–H and O–H groups in total. The molecule has 1 aromatic heterocycles. The van der Waals surface area contributed by atoms with Crippen LogP contribution in [0.3, 0.4) is 0 Å². The Balaban J connectivity index is 1.97. The number of nitrogens with zero attached hydrogens (tertiary/aromatic N) is 1. The van der Waals surface area contributed by atoms with Crippen molar-refractivity contribution in [3.8, 4) is 0 Å². The molecule has 1 aliphatic heterocycles. The van der Waals surface area contributed by atoms with Crippen LogP contribution in [0.4, 0.5) is 0 Å². The molecule has 2 heterocycles. The molecule has 1 atom stereocenters. The summed E-state index contributed by atoms with van der Waals surface area (Å²) in [4.78, 5) is 28.4. The molecule has 6 nitrogen and oxygen atoms in total. The summed E-state index contributed by atoms with van der Waals surface area (Å²) < 4.78 is 5.20. The number of Topliss-reactive ketones (excluding diaryl/α,β-unsaturated/α-hetero) is 1. The maximum atomic E-state index is 12.9. The minimum absolute atomic E-state index is 0.0772. The highest BCUT2D eigenvalue weighted by atomic mass is 16.3. The molecule has 1 amide bonds. The van der Waals surface area contributed by atoms with E-state index in [4.69, 9.17) is 4.42 Å². The number of hydrogen-bond acceptors (Lipinski definition) is 4. The molecule has 0 aliphatic carbocycles. The molecule has 2 aromatic rings. The number of quaternary nitrogens is 1. The number of nitrogens with one attached hydrogen (secondary N) is 1. The molecule has 0 radical (unpaired) electrons. The Bertz CT molecular complexity index is 810. The molecule has 26 heavy (non-hydrogen) atoms. The third-order valence-corrected chi connectivity index (χ3v) is 4.48. The van der Waals surface area contributed by atoms with Crippen LogP contribution in [0.1, 0.15) is 28.6 Å². The van der Waals surface area contributed by atoms with Crippen molar-refractivity contribution in [3.05, 3.63) is 71.4 Å². The fraction of sp³-hybridized carbons (Fsp3) is 0.300. The molecule has 0 saturated carbocycles. The molecule has 0 spiro atoms. The van der Waals surface area contributed by atoms with Crippen LogP contribution in [0.5, 0.6) is 0 Å². The maximum absolute atomic E-state index is 12.9. The summed E-state index contributed by atoms with van der Waals surface area (Å²) in [6, 6.07) is 11.8. The van der Waals surface area contributed by atoms with E-state index in [1.807, 2.05) is 44.4 Å². The zero-order chi connectivity index (χ0) is 18.7. The topological polar surface area (TPSA) is 75.2 Å². The monoisotopic (exact) mass is 355 g/mol. The first-order valence-electron chi connectivity index (χ1n) is 8.67. The second-order valence-corrected chi connectivity index (χ2v) is 6.69. The number of benzene rings is 1. The van der Waals surface area contributed by atoms with E-state index >= 15 is 0 Å². The molecule has 1 aliphatic rings. The molecule has 0 unspecified atom stereocenters. The number of carbonyl (C=O) groups excluding carboxylic acids is 2. The maximum Gasteiger partial charge on any atom is 0.290 e. The van der Waals surface area contributed by atoms with Gasteiger partial charge in [-0.3, -0.25) is 9.59 Å². The highest BCUT2D eigenvalue weighted by molar-refractivity contribution is 6.14. The van der Waals surface area contributed by atoms with Crippen molar-refractivity contribution in [2.24, 2.45) is 0 Å². The van der Waals surface area contributed by atoms with E-state index in [2.05, 4.69) is 0 Å². The van der Waals surface area contributed by atoms with Crippen molar-refractivity contribution >= 4 is 11.7 Å². The number of furan rings is 1. The minimum Gasteiger partial charge on any atom is -0.503 e. The first-order chi connectivity index (χ1) is 12.5. The number of carbonyl (C=O) groups is 2. The lowest BCUT2D eigenvalue weighted by molar-refractivity contribution is -0.858. The molecule has 0 fully saturated rings. The summed E-state index contributed by atoms with van der Waals surface area (Å²) in [6.45, 7) is 1.34. The van der Waals surface area contributed by atoms with E-state index in [1.54, 1.807) is 11.0 Å². The van der Waals surface area contributed by atoms with Gasteiger partial charge in [0.05, 0.1) is 38.5 Å². The Morgan fingerprint density at radius 2 is 1.92 bits per heavy atom. The highest BCUT2D eigenvalue weighted by Gasteiger charge is 2.44. The Morgan fingerprint density at radius 3 is 2.54 bits per heavy atom. The molecular weight excluding hydrogens is 332 g/mol. The van der Waals surface area contributed by atoms with E-state index in [9.17, 15) is 14.7 Å². The third-order valence-electron chi connectivity index (χ3n) is 4.48. The molecule has 3 rings (SSSR count). The van der Waals surface area contributed by atoms with Gasteiger partial charge in [0.15, 0.2) is 11.5 Å². The summed E-state index contributed by atoms with van der Waals surface area (Å²) >= 11 is 0. The largest absolute Gasteiger partial charge is 0.503 e. The lowest BCUT2D eigenvalue weighted by atomic mass is 9.95. The number of rotatable bonds is 7. The average molecular weight is 355 g/mol. The van der Waals surface area contributed by atoms with Crippen molar-refractivity contribution in [1.82, 2.24) is 4.90 Å². The Morgan fingerprint density at radius 1 is 1.19 bits per heavy atom. The minimum atomic E-state index is -0.613. The summed E-state index contributed by atoms with van der Waals surface area (Å²) in [6.07, 6.45) is 2.17. The van der Waals surface area contributed by atoms with Gasteiger partial charge in [-0.05, 0) is 17.7 Å². The van der Waals surface area contributed by atoms with E-state index < -0.39 is 23.5 Å². The van der Waals surface area contributed by atoms with Crippen molar-refractivity contribution in [2.75, 3.05) is 27.2 Å². The van der Waals surface area contributed by atoms with E-state index in [0.717, 1.165) is 18.5 Å². The van der Waals surface area contributed by atoms with Crippen LogP contribution >= 0.6 is 0 Å². The Kier molecular flexibility index (Phi) is 5.23. The van der Waals surface area contributed by atoms with Gasteiger partial charge in [0.2, 0.25) is 5.78 Å².